The van der Waals surface area contributed by atoms with Crippen LogP contribution in [0.4, 0.5) is 0 Å². The number of halogens is 1. The second kappa shape index (κ2) is 9.38. The zero-order valence-electron chi connectivity index (χ0n) is 17.1. The third-order valence-electron chi connectivity index (χ3n) is 5.92. The van der Waals surface area contributed by atoms with Crippen molar-refractivity contribution in [3.63, 3.8) is 0 Å². The van der Waals surface area contributed by atoms with E-state index in [0.717, 1.165) is 5.56 Å². The fourth-order valence-corrected chi connectivity index (χ4v) is 4.33. The van der Waals surface area contributed by atoms with Crippen LogP contribution in [-0.2, 0) is 11.2 Å². The van der Waals surface area contributed by atoms with E-state index in [1.807, 2.05) is 30.3 Å². The molecule has 1 saturated carbocycles. The summed E-state index contributed by atoms with van der Waals surface area (Å²) in [5, 5.41) is 34.0. The highest BCUT2D eigenvalue weighted by molar-refractivity contribution is 6.30. The molecule has 2 heterocycles. The fourth-order valence-electron chi connectivity index (χ4n) is 4.16. The van der Waals surface area contributed by atoms with Gasteiger partial charge in [-0.1, -0.05) is 41.9 Å². The topological polar surface area (TPSA) is 136 Å². The molecule has 5 atom stereocenters. The van der Waals surface area contributed by atoms with Gasteiger partial charge in [-0.2, -0.15) is 0 Å². The number of hydrogen-bond donors (Lipinski definition) is 5. The predicted molar refractivity (Wildman–Crippen MR) is 118 cm³/mol. The number of carbonyl (C=O) groups excluding carboxylic acids is 2. The van der Waals surface area contributed by atoms with Crippen molar-refractivity contribution < 1.29 is 24.9 Å². The number of pyridine rings is 1. The smallest absolute Gasteiger partial charge is 0.268 e. The van der Waals surface area contributed by atoms with Gasteiger partial charge in [-0.15, -0.1) is 0 Å². The summed E-state index contributed by atoms with van der Waals surface area (Å²) in [4.78, 5) is 33.0. The van der Waals surface area contributed by atoms with Crippen molar-refractivity contribution in [2.45, 2.75) is 43.6 Å². The molecule has 0 spiro atoms. The molecular weight excluding hydrogens is 434 g/mol. The molecule has 1 aliphatic rings. The molecule has 1 fully saturated rings. The maximum atomic E-state index is 13.2. The Morgan fingerprint density at radius 1 is 1.16 bits per heavy atom. The normalized spacial score (nSPS) is 22.6. The number of aromatic amines is 1. The van der Waals surface area contributed by atoms with Crippen molar-refractivity contribution in [2.75, 3.05) is 0 Å². The molecule has 1 aromatic carbocycles. The molecule has 1 aliphatic carbocycles. The first-order valence-corrected chi connectivity index (χ1v) is 10.8. The molecule has 8 nitrogen and oxygen atoms in total. The summed E-state index contributed by atoms with van der Waals surface area (Å²) in [5.74, 6) is -1.65. The molecule has 4 rings (SSSR count). The Morgan fingerprint density at radius 2 is 1.84 bits per heavy atom. The Labute approximate surface area is 189 Å². The summed E-state index contributed by atoms with van der Waals surface area (Å²) in [6.07, 6.45) is -1.42. The van der Waals surface area contributed by atoms with Crippen LogP contribution >= 0.6 is 11.6 Å². The van der Waals surface area contributed by atoms with Gasteiger partial charge < -0.3 is 25.6 Å². The number of Topliss-reactive ketones (excluding diaryl/α,β-unsaturated/α-hetero) is 1. The lowest BCUT2D eigenvalue weighted by atomic mass is 9.90. The van der Waals surface area contributed by atoms with Gasteiger partial charge >= 0.3 is 0 Å². The summed E-state index contributed by atoms with van der Waals surface area (Å²) < 4.78 is 0. The largest absolute Gasteiger partial charge is 0.390 e. The standard InChI is InChI=1S/C23H24ClN3O5/c24-20-10-13-7-16(26-17(13)11-25-20)23(32)27-15(6-12-4-2-1-3-5-12)22(31)21(30)14-8-18(28)19(29)9-14/h1-5,7,10-11,14-15,18-19,21,26,28-30H,6,8-9H2,(H,27,32)/t14?,15-,18-,19+,21?/m0/s1. The molecule has 0 saturated heterocycles. The van der Waals surface area contributed by atoms with Crippen molar-refractivity contribution in [3.05, 3.63) is 65.1 Å². The zero-order valence-corrected chi connectivity index (χ0v) is 17.9. The first-order chi connectivity index (χ1) is 15.3. The Bertz CT molecular complexity index is 1110. The van der Waals surface area contributed by atoms with Gasteiger partial charge in [0.25, 0.3) is 5.91 Å². The van der Waals surface area contributed by atoms with Crippen LogP contribution in [0.25, 0.3) is 10.9 Å². The molecule has 168 valence electrons. The summed E-state index contributed by atoms with van der Waals surface area (Å²) >= 11 is 5.91. The lowest BCUT2D eigenvalue weighted by molar-refractivity contribution is -0.131. The minimum absolute atomic E-state index is 0.121. The third-order valence-corrected chi connectivity index (χ3v) is 6.13. The van der Waals surface area contributed by atoms with E-state index in [0.29, 0.717) is 16.1 Å². The molecule has 0 radical (unpaired) electrons. The number of hydrogen-bond acceptors (Lipinski definition) is 6. The Kier molecular flexibility index (Phi) is 6.57. The van der Waals surface area contributed by atoms with E-state index in [1.165, 1.54) is 6.20 Å². The van der Waals surface area contributed by atoms with Gasteiger partial charge in [-0.25, -0.2) is 4.98 Å². The minimum atomic E-state index is -1.42. The highest BCUT2D eigenvalue weighted by Gasteiger charge is 2.40. The lowest BCUT2D eigenvalue weighted by Crippen LogP contribution is -2.48. The van der Waals surface area contributed by atoms with Crippen LogP contribution in [0.5, 0.6) is 0 Å². The number of rotatable bonds is 7. The second-order valence-corrected chi connectivity index (χ2v) is 8.59. The molecule has 2 unspecified atom stereocenters. The number of aromatic nitrogens is 2. The number of H-pyrrole nitrogens is 1. The highest BCUT2D eigenvalue weighted by atomic mass is 35.5. The predicted octanol–water partition coefficient (Wildman–Crippen LogP) is 1.62. The van der Waals surface area contributed by atoms with Gasteiger partial charge in [0.15, 0.2) is 5.78 Å². The van der Waals surface area contributed by atoms with Gasteiger partial charge in [-0.3, -0.25) is 9.59 Å². The van der Waals surface area contributed by atoms with Crippen molar-refractivity contribution >= 4 is 34.2 Å². The number of nitrogens with zero attached hydrogens (tertiary/aromatic N) is 1. The summed E-state index contributed by atoms with van der Waals surface area (Å²) in [6.45, 7) is 0. The fraction of sp³-hybridized carbons (Fsp3) is 0.348. The zero-order chi connectivity index (χ0) is 22.8. The lowest BCUT2D eigenvalue weighted by Gasteiger charge is -2.24. The van der Waals surface area contributed by atoms with Crippen LogP contribution in [-0.4, -0.2) is 61.3 Å². The number of carbonyl (C=O) groups is 2. The van der Waals surface area contributed by atoms with Gasteiger partial charge in [0.05, 0.1) is 30.0 Å². The number of fused-ring (bicyclic) bond motifs is 1. The number of benzene rings is 1. The second-order valence-electron chi connectivity index (χ2n) is 8.21. The van der Waals surface area contributed by atoms with Gasteiger partial charge in [0.1, 0.15) is 17.0 Å². The van der Waals surface area contributed by atoms with E-state index >= 15 is 0 Å². The highest BCUT2D eigenvalue weighted by Crippen LogP contribution is 2.30. The first-order valence-electron chi connectivity index (χ1n) is 10.4. The number of aliphatic hydroxyl groups is 3. The van der Waals surface area contributed by atoms with Crippen molar-refractivity contribution in [1.82, 2.24) is 15.3 Å². The summed E-state index contributed by atoms with van der Waals surface area (Å²) in [6, 6.07) is 11.4. The minimum Gasteiger partial charge on any atom is -0.390 e. The van der Waals surface area contributed by atoms with E-state index in [-0.39, 0.29) is 25.0 Å². The van der Waals surface area contributed by atoms with E-state index in [1.54, 1.807) is 12.1 Å². The number of aliphatic hydroxyl groups excluding tert-OH is 3. The molecular formula is C23H24ClN3O5. The molecule has 0 bridgehead atoms. The number of ketones is 1. The molecule has 9 heteroatoms. The first kappa shape index (κ1) is 22.4. The number of nitrogens with one attached hydrogen (secondary N) is 2. The molecule has 0 aliphatic heterocycles. The van der Waals surface area contributed by atoms with Crippen molar-refractivity contribution in [2.24, 2.45) is 5.92 Å². The molecule has 1 amide bonds. The van der Waals surface area contributed by atoms with E-state index in [2.05, 4.69) is 15.3 Å². The number of amides is 1. The van der Waals surface area contributed by atoms with Crippen LogP contribution in [0.15, 0.2) is 48.7 Å². The SMILES string of the molecule is O=C(N[C@@H](Cc1ccccc1)C(=O)C(O)C1C[C@@H](O)[C@@H](O)C1)c1cc2cc(Cl)ncc2[nH]1. The van der Waals surface area contributed by atoms with Crippen LogP contribution in [0, 0.1) is 5.92 Å². The Hall–Kier alpha value is -2.78. The average Bonchev–Trinajstić information content (AvgIpc) is 3.35. The molecule has 5 N–H and O–H groups in total. The third kappa shape index (κ3) is 4.83. The maximum absolute atomic E-state index is 13.2. The van der Waals surface area contributed by atoms with E-state index in [9.17, 15) is 24.9 Å². The van der Waals surface area contributed by atoms with E-state index < -0.39 is 42.0 Å². The molecule has 32 heavy (non-hydrogen) atoms. The Morgan fingerprint density at radius 3 is 2.53 bits per heavy atom. The van der Waals surface area contributed by atoms with Crippen LogP contribution < -0.4 is 5.32 Å². The summed E-state index contributed by atoms with van der Waals surface area (Å²) in [5.41, 5.74) is 1.67. The summed E-state index contributed by atoms with van der Waals surface area (Å²) in [7, 11) is 0. The monoisotopic (exact) mass is 457 g/mol. The van der Waals surface area contributed by atoms with Gasteiger partial charge in [0.2, 0.25) is 0 Å². The average molecular weight is 458 g/mol. The maximum Gasteiger partial charge on any atom is 0.268 e. The van der Waals surface area contributed by atoms with Crippen molar-refractivity contribution in [1.29, 1.82) is 0 Å². The van der Waals surface area contributed by atoms with Crippen LogP contribution in [0.2, 0.25) is 5.15 Å². The van der Waals surface area contributed by atoms with Crippen LogP contribution in [0.1, 0.15) is 28.9 Å². The quantitative estimate of drug-likeness (QED) is 0.342. The van der Waals surface area contributed by atoms with Gasteiger partial charge in [0, 0.05) is 5.39 Å². The van der Waals surface area contributed by atoms with Crippen LogP contribution in [0.3, 0.4) is 0 Å². The Balaban J connectivity index is 1.55. The molecule has 3 aromatic rings. The van der Waals surface area contributed by atoms with Crippen molar-refractivity contribution in [3.8, 4) is 0 Å². The van der Waals surface area contributed by atoms with E-state index in [4.69, 9.17) is 11.6 Å². The molecule has 2 aromatic heterocycles. The van der Waals surface area contributed by atoms with Gasteiger partial charge in [-0.05, 0) is 42.9 Å².